The fourth-order valence-electron chi connectivity index (χ4n) is 0.902. The Balaban J connectivity index is 1.97. The van der Waals surface area contributed by atoms with Crippen molar-refractivity contribution in [1.82, 2.24) is 15.2 Å². The molecule has 0 amide bonds. The second kappa shape index (κ2) is 3.80. The van der Waals surface area contributed by atoms with Crippen molar-refractivity contribution in [1.29, 1.82) is 0 Å². The van der Waals surface area contributed by atoms with Gasteiger partial charge < -0.3 is 5.32 Å². The van der Waals surface area contributed by atoms with E-state index < -0.39 is 0 Å². The van der Waals surface area contributed by atoms with Gasteiger partial charge in [-0.15, -0.1) is 21.5 Å². The van der Waals surface area contributed by atoms with Crippen LogP contribution in [0.25, 0.3) is 0 Å². The first kappa shape index (κ1) is 8.58. The molecular weight excluding hydrogens is 204 g/mol. The third kappa shape index (κ3) is 2.02. The summed E-state index contributed by atoms with van der Waals surface area (Å²) < 4.78 is 0. The molecule has 0 saturated carbocycles. The van der Waals surface area contributed by atoms with Crippen LogP contribution in [0.4, 0.5) is 5.13 Å². The number of aryl methyl sites for hydroxylation is 1. The minimum Gasteiger partial charge on any atom is -0.355 e. The predicted molar refractivity (Wildman–Crippen MR) is 54.1 cm³/mol. The first-order valence-electron chi connectivity index (χ1n) is 3.75. The molecule has 2 aromatic rings. The second-order valence-corrected chi connectivity index (χ2v) is 4.23. The molecule has 0 bridgehead atoms. The molecule has 0 fully saturated rings. The normalized spacial score (nSPS) is 10.2. The topological polar surface area (TPSA) is 50.7 Å². The van der Waals surface area contributed by atoms with E-state index in [1.54, 1.807) is 16.8 Å². The van der Waals surface area contributed by atoms with Crippen molar-refractivity contribution in [3.63, 3.8) is 0 Å². The summed E-state index contributed by atoms with van der Waals surface area (Å²) >= 11 is 3.16. The van der Waals surface area contributed by atoms with Crippen LogP contribution in [0.5, 0.6) is 0 Å². The Morgan fingerprint density at radius 1 is 1.38 bits per heavy atom. The first-order chi connectivity index (χ1) is 6.36. The molecule has 68 valence electrons. The van der Waals surface area contributed by atoms with E-state index in [2.05, 4.69) is 20.5 Å². The van der Waals surface area contributed by atoms with E-state index >= 15 is 0 Å². The summed E-state index contributed by atoms with van der Waals surface area (Å²) in [4.78, 5) is 5.41. The smallest absolute Gasteiger partial charge is 0.205 e. The van der Waals surface area contributed by atoms with E-state index in [-0.39, 0.29) is 0 Å². The molecule has 2 aromatic heterocycles. The van der Waals surface area contributed by atoms with Crippen LogP contribution in [0.15, 0.2) is 11.0 Å². The Morgan fingerprint density at radius 3 is 2.92 bits per heavy atom. The molecular formula is C7H8N4S2. The van der Waals surface area contributed by atoms with Gasteiger partial charge in [0.05, 0.1) is 17.7 Å². The molecule has 6 heteroatoms. The fourth-order valence-corrected chi connectivity index (χ4v) is 2.06. The predicted octanol–water partition coefficient (Wildman–Crippen LogP) is 1.92. The number of thiazole rings is 1. The molecule has 2 rings (SSSR count). The van der Waals surface area contributed by atoms with Crippen LogP contribution < -0.4 is 5.32 Å². The highest BCUT2D eigenvalue weighted by Gasteiger charge is 2.01. The van der Waals surface area contributed by atoms with Crippen LogP contribution in [0.2, 0.25) is 0 Å². The van der Waals surface area contributed by atoms with Crippen LogP contribution in [-0.2, 0) is 6.54 Å². The Bertz CT molecular complexity index is 368. The zero-order valence-electron chi connectivity index (χ0n) is 7.02. The van der Waals surface area contributed by atoms with E-state index in [0.29, 0.717) is 0 Å². The van der Waals surface area contributed by atoms with Gasteiger partial charge in [-0.05, 0) is 6.92 Å². The van der Waals surface area contributed by atoms with Crippen molar-refractivity contribution in [3.05, 3.63) is 21.6 Å². The monoisotopic (exact) mass is 212 g/mol. The molecule has 1 N–H and O–H groups in total. The maximum absolute atomic E-state index is 4.16. The minimum atomic E-state index is 0.783. The highest BCUT2D eigenvalue weighted by molar-refractivity contribution is 7.13. The van der Waals surface area contributed by atoms with Gasteiger partial charge in [0.1, 0.15) is 5.51 Å². The van der Waals surface area contributed by atoms with E-state index in [0.717, 1.165) is 17.4 Å². The molecule has 0 saturated heterocycles. The molecule has 0 spiro atoms. The lowest BCUT2D eigenvalue weighted by Gasteiger charge is -1.98. The number of nitrogens with one attached hydrogen (secondary N) is 1. The molecule has 0 aromatic carbocycles. The van der Waals surface area contributed by atoms with Gasteiger partial charge in [-0.25, -0.2) is 4.98 Å². The maximum Gasteiger partial charge on any atom is 0.205 e. The van der Waals surface area contributed by atoms with Crippen molar-refractivity contribution < 1.29 is 0 Å². The van der Waals surface area contributed by atoms with Gasteiger partial charge in [-0.1, -0.05) is 11.3 Å². The number of nitrogens with zero attached hydrogens (tertiary/aromatic N) is 3. The van der Waals surface area contributed by atoms with E-state index in [1.165, 1.54) is 16.2 Å². The molecule has 0 atom stereocenters. The number of rotatable bonds is 3. The van der Waals surface area contributed by atoms with Crippen molar-refractivity contribution in [2.24, 2.45) is 0 Å². The molecule has 0 aliphatic rings. The summed E-state index contributed by atoms with van der Waals surface area (Å²) in [6.07, 6.45) is 0. The van der Waals surface area contributed by atoms with Gasteiger partial charge in [-0.3, -0.25) is 0 Å². The Hall–Kier alpha value is -1.01. The molecule has 4 nitrogen and oxygen atoms in total. The maximum atomic E-state index is 4.16. The molecule has 2 heterocycles. The zero-order chi connectivity index (χ0) is 9.10. The van der Waals surface area contributed by atoms with Crippen molar-refractivity contribution in [2.45, 2.75) is 13.5 Å². The number of hydrogen-bond acceptors (Lipinski definition) is 6. The number of anilines is 1. The third-order valence-electron chi connectivity index (χ3n) is 1.61. The minimum absolute atomic E-state index is 0.783. The lowest BCUT2D eigenvalue weighted by Crippen LogP contribution is -1.98. The highest BCUT2D eigenvalue weighted by Crippen LogP contribution is 2.15. The van der Waals surface area contributed by atoms with Crippen LogP contribution in [0.3, 0.4) is 0 Å². The molecule has 0 unspecified atom stereocenters. The van der Waals surface area contributed by atoms with Crippen LogP contribution >= 0.6 is 22.7 Å². The summed E-state index contributed by atoms with van der Waals surface area (Å²) in [5, 5.41) is 11.7. The summed E-state index contributed by atoms with van der Waals surface area (Å²) in [5.41, 5.74) is 4.65. The zero-order valence-corrected chi connectivity index (χ0v) is 8.65. The standard InChI is InChI=1S/C7H8N4S2/c1-5-6(12-3-9-5)2-8-7-11-10-4-13-7/h3-4H,2H2,1H3,(H,8,11). The van der Waals surface area contributed by atoms with Crippen LogP contribution in [-0.4, -0.2) is 15.2 Å². The van der Waals surface area contributed by atoms with Crippen molar-refractivity contribution in [2.75, 3.05) is 5.32 Å². The Morgan fingerprint density at radius 2 is 2.31 bits per heavy atom. The molecule has 13 heavy (non-hydrogen) atoms. The van der Waals surface area contributed by atoms with Gasteiger partial charge in [0.2, 0.25) is 5.13 Å². The summed E-state index contributed by atoms with van der Waals surface area (Å²) in [7, 11) is 0. The van der Waals surface area contributed by atoms with Gasteiger partial charge in [0.25, 0.3) is 0 Å². The lowest BCUT2D eigenvalue weighted by atomic mass is 10.4. The van der Waals surface area contributed by atoms with Gasteiger partial charge in [0, 0.05) is 4.88 Å². The quantitative estimate of drug-likeness (QED) is 0.844. The third-order valence-corrected chi connectivity index (χ3v) is 3.19. The summed E-state index contributed by atoms with van der Waals surface area (Å²) in [6, 6.07) is 0. The Labute approximate surface area is 83.7 Å². The van der Waals surface area contributed by atoms with Crippen LogP contribution in [0.1, 0.15) is 10.6 Å². The lowest BCUT2D eigenvalue weighted by molar-refractivity contribution is 1.05. The largest absolute Gasteiger partial charge is 0.355 e. The van der Waals surface area contributed by atoms with E-state index in [4.69, 9.17) is 0 Å². The van der Waals surface area contributed by atoms with Gasteiger partial charge >= 0.3 is 0 Å². The first-order valence-corrected chi connectivity index (χ1v) is 5.51. The molecule has 0 aliphatic heterocycles. The van der Waals surface area contributed by atoms with E-state index in [9.17, 15) is 0 Å². The van der Waals surface area contributed by atoms with E-state index in [1.807, 2.05) is 12.4 Å². The average molecular weight is 212 g/mol. The fraction of sp³-hybridized carbons (Fsp3) is 0.286. The summed E-state index contributed by atoms with van der Waals surface area (Å²) in [5.74, 6) is 0. The number of aromatic nitrogens is 3. The SMILES string of the molecule is Cc1ncsc1CNc1nncs1. The van der Waals surface area contributed by atoms with Gasteiger partial charge in [-0.2, -0.15) is 0 Å². The average Bonchev–Trinajstić information content (AvgIpc) is 2.72. The van der Waals surface area contributed by atoms with Crippen LogP contribution in [0, 0.1) is 6.92 Å². The van der Waals surface area contributed by atoms with Crippen molar-refractivity contribution in [3.8, 4) is 0 Å². The van der Waals surface area contributed by atoms with Crippen molar-refractivity contribution >= 4 is 27.8 Å². The second-order valence-electron chi connectivity index (χ2n) is 2.46. The number of hydrogen-bond donors (Lipinski definition) is 1. The summed E-state index contributed by atoms with van der Waals surface area (Å²) in [6.45, 7) is 2.79. The highest BCUT2D eigenvalue weighted by atomic mass is 32.1. The Kier molecular flexibility index (Phi) is 2.51. The molecule has 0 aliphatic carbocycles. The van der Waals surface area contributed by atoms with Gasteiger partial charge in [0.15, 0.2) is 0 Å². The molecule has 0 radical (unpaired) electrons.